The second kappa shape index (κ2) is 19.0. The van der Waals surface area contributed by atoms with Gasteiger partial charge in [0.2, 0.25) is 17.8 Å². The van der Waals surface area contributed by atoms with Crippen LogP contribution in [0, 0.1) is 0 Å². The molecule has 1 aromatic heterocycles. The van der Waals surface area contributed by atoms with Gasteiger partial charge in [-0.1, -0.05) is 74.3 Å². The summed E-state index contributed by atoms with van der Waals surface area (Å²) in [6, 6.07) is 28.4. The van der Waals surface area contributed by atoms with E-state index in [2.05, 4.69) is 19.7 Å². The van der Waals surface area contributed by atoms with Crippen molar-refractivity contribution in [3.63, 3.8) is 0 Å². The fourth-order valence-corrected chi connectivity index (χ4v) is 5.17. The van der Waals surface area contributed by atoms with Crippen LogP contribution in [0.5, 0.6) is 0 Å². The van der Waals surface area contributed by atoms with Crippen molar-refractivity contribution in [2.45, 2.75) is 59.9 Å². The Morgan fingerprint density at radius 2 is 0.704 bits per heavy atom. The first kappa shape index (κ1) is 40.5. The number of hydrogen-bond acceptors (Lipinski definition) is 12. The Labute approximate surface area is 317 Å². The quantitative estimate of drug-likeness (QED) is 0.0563. The van der Waals surface area contributed by atoms with Gasteiger partial charge in [0.25, 0.3) is 0 Å². The molecule has 54 heavy (non-hydrogen) atoms. The van der Waals surface area contributed by atoms with E-state index in [0.29, 0.717) is 0 Å². The van der Waals surface area contributed by atoms with Gasteiger partial charge < -0.3 is 28.9 Å². The predicted octanol–water partition coefficient (Wildman–Crippen LogP) is 7.81. The molecule has 0 aliphatic carbocycles. The van der Waals surface area contributed by atoms with Gasteiger partial charge in [0, 0.05) is 33.8 Å². The minimum absolute atomic E-state index is 0.169. The Morgan fingerprint density at radius 3 is 0.907 bits per heavy atom. The number of rotatable bonds is 18. The number of anilines is 6. The molecule has 1 heterocycles. The fraction of sp³-hybridized carbons (Fsp3) is 0.286. The smallest absolute Gasteiger partial charge is 0.333 e. The molecule has 3 unspecified atom stereocenters. The molecule has 4 rings (SSSR count). The summed E-state index contributed by atoms with van der Waals surface area (Å²) < 4.78 is 17.1. The van der Waals surface area contributed by atoms with Crippen molar-refractivity contribution in [1.29, 1.82) is 0 Å². The SMILES string of the molecule is C=C(C)C(=O)OC(C)CN(c1ccccc1)c1nc(N(CC(C)OC(=O)C(=C)C)c2ccccc2)nc(N(CC(C)OC(=O)C(=C)C)c2ccccc2)n1. The highest BCUT2D eigenvalue weighted by Gasteiger charge is 2.28. The van der Waals surface area contributed by atoms with E-state index in [0.717, 1.165) is 17.1 Å². The topological polar surface area (TPSA) is 127 Å². The van der Waals surface area contributed by atoms with Crippen LogP contribution in [0.3, 0.4) is 0 Å². The third-order valence-corrected chi connectivity index (χ3v) is 7.82. The summed E-state index contributed by atoms with van der Waals surface area (Å²) in [7, 11) is 0. The Bertz CT molecular complexity index is 1700. The van der Waals surface area contributed by atoms with Crippen LogP contribution in [-0.4, -0.2) is 70.8 Å². The lowest BCUT2D eigenvalue weighted by atomic mass is 10.2. The molecule has 12 nitrogen and oxygen atoms in total. The molecule has 0 N–H and O–H groups in total. The Morgan fingerprint density at radius 1 is 0.481 bits per heavy atom. The highest BCUT2D eigenvalue weighted by Crippen LogP contribution is 2.32. The molecule has 3 aromatic carbocycles. The second-order valence-corrected chi connectivity index (χ2v) is 13.1. The van der Waals surface area contributed by atoms with E-state index < -0.39 is 36.2 Å². The van der Waals surface area contributed by atoms with Crippen LogP contribution >= 0.6 is 0 Å². The van der Waals surface area contributed by atoms with E-state index in [1.165, 1.54) is 0 Å². The molecule has 4 aromatic rings. The molecule has 0 saturated heterocycles. The number of carbonyl (C=O) groups is 3. The first-order valence-corrected chi connectivity index (χ1v) is 17.6. The van der Waals surface area contributed by atoms with Crippen LogP contribution < -0.4 is 14.7 Å². The maximum atomic E-state index is 12.6. The van der Waals surface area contributed by atoms with Crippen molar-refractivity contribution >= 4 is 52.8 Å². The maximum Gasteiger partial charge on any atom is 0.333 e. The molecular weight excluding hydrogens is 684 g/mol. The van der Waals surface area contributed by atoms with Gasteiger partial charge in [-0.2, -0.15) is 15.0 Å². The zero-order valence-electron chi connectivity index (χ0n) is 31.8. The molecule has 0 radical (unpaired) electrons. The van der Waals surface area contributed by atoms with Gasteiger partial charge in [0.1, 0.15) is 18.3 Å². The van der Waals surface area contributed by atoms with Crippen LogP contribution in [-0.2, 0) is 28.6 Å². The van der Waals surface area contributed by atoms with Gasteiger partial charge in [-0.25, -0.2) is 14.4 Å². The maximum absolute atomic E-state index is 12.6. The zero-order chi connectivity index (χ0) is 39.4. The first-order valence-electron chi connectivity index (χ1n) is 17.6. The number of hydrogen-bond donors (Lipinski definition) is 0. The predicted molar refractivity (Wildman–Crippen MR) is 211 cm³/mol. The number of carbonyl (C=O) groups excluding carboxylic acids is 3. The summed E-state index contributed by atoms with van der Waals surface area (Å²) in [6.07, 6.45) is -1.84. The summed E-state index contributed by atoms with van der Waals surface area (Å²) in [4.78, 5) is 58.4. The lowest BCUT2D eigenvalue weighted by molar-refractivity contribution is -0.143. The summed E-state index contributed by atoms with van der Waals surface area (Å²) >= 11 is 0. The molecule has 0 amide bonds. The molecule has 0 spiro atoms. The molecule has 3 atom stereocenters. The fourth-order valence-electron chi connectivity index (χ4n) is 5.17. The summed E-state index contributed by atoms with van der Waals surface area (Å²) in [5.74, 6) is -0.850. The van der Waals surface area contributed by atoms with Gasteiger partial charge in [-0.3, -0.25) is 0 Å². The summed E-state index contributed by atoms with van der Waals surface area (Å²) in [5, 5.41) is 0. The minimum atomic E-state index is -0.614. The van der Waals surface area contributed by atoms with Gasteiger partial charge in [0.05, 0.1) is 19.6 Å². The van der Waals surface area contributed by atoms with Crippen molar-refractivity contribution in [2.75, 3.05) is 34.3 Å². The van der Waals surface area contributed by atoms with E-state index in [1.54, 1.807) is 41.5 Å². The number of aromatic nitrogens is 3. The van der Waals surface area contributed by atoms with Crippen molar-refractivity contribution in [3.8, 4) is 0 Å². The van der Waals surface area contributed by atoms with E-state index in [9.17, 15) is 14.4 Å². The van der Waals surface area contributed by atoms with E-state index in [4.69, 9.17) is 29.2 Å². The Balaban J connectivity index is 1.96. The molecule has 282 valence electrons. The molecule has 0 aliphatic heterocycles. The molecule has 12 heteroatoms. The van der Waals surface area contributed by atoms with Crippen molar-refractivity contribution in [1.82, 2.24) is 15.0 Å². The van der Waals surface area contributed by atoms with Crippen molar-refractivity contribution < 1.29 is 28.6 Å². The third kappa shape index (κ3) is 11.3. The van der Waals surface area contributed by atoms with E-state index in [1.807, 2.05) is 106 Å². The van der Waals surface area contributed by atoms with Gasteiger partial charge in [-0.15, -0.1) is 0 Å². The Kier molecular flexibility index (Phi) is 14.2. The van der Waals surface area contributed by atoms with Crippen LogP contribution in [0.15, 0.2) is 127 Å². The monoisotopic (exact) mass is 732 g/mol. The van der Waals surface area contributed by atoms with E-state index in [-0.39, 0.29) is 54.2 Å². The van der Waals surface area contributed by atoms with Gasteiger partial charge in [0.15, 0.2) is 0 Å². The van der Waals surface area contributed by atoms with E-state index >= 15 is 0 Å². The van der Waals surface area contributed by atoms with Gasteiger partial charge >= 0.3 is 17.9 Å². The largest absolute Gasteiger partial charge is 0.457 e. The highest BCUT2D eigenvalue weighted by molar-refractivity contribution is 5.88. The standard InChI is InChI=1S/C42H48N6O6/c1-28(2)37(49)52-31(7)25-46(34-19-13-10-14-20-34)40-43-41(47(35-21-15-11-16-22-35)26-32(8)53-38(50)29(3)4)45-42(44-40)48(36-23-17-12-18-24-36)27-33(9)54-39(51)30(5)6/h10-24,31-33H,1,3,5,25-27H2,2,4,6-9H3. The zero-order valence-corrected chi connectivity index (χ0v) is 31.8. The number of ether oxygens (including phenoxy) is 3. The van der Waals surface area contributed by atoms with Crippen molar-refractivity contribution in [3.05, 3.63) is 127 Å². The van der Waals surface area contributed by atoms with Crippen molar-refractivity contribution in [2.24, 2.45) is 0 Å². The average molecular weight is 733 g/mol. The molecular formula is C42H48N6O6. The Hall–Kier alpha value is -6.30. The van der Waals surface area contributed by atoms with Crippen LogP contribution in [0.25, 0.3) is 0 Å². The third-order valence-electron chi connectivity index (χ3n) is 7.82. The molecule has 0 aliphatic rings. The number of nitrogens with zero attached hydrogens (tertiary/aromatic N) is 6. The summed E-state index contributed by atoms with van der Waals surface area (Å²) in [6.45, 7) is 21.8. The van der Waals surface area contributed by atoms with Crippen LogP contribution in [0.2, 0.25) is 0 Å². The lowest BCUT2D eigenvalue weighted by Crippen LogP contribution is -2.36. The first-order chi connectivity index (χ1) is 25.7. The summed E-state index contributed by atoms with van der Waals surface area (Å²) in [5.41, 5.74) is 3.00. The highest BCUT2D eigenvalue weighted by atomic mass is 16.6. The molecule has 0 fully saturated rings. The molecule has 0 saturated carbocycles. The minimum Gasteiger partial charge on any atom is -0.457 e. The number of esters is 3. The molecule has 0 bridgehead atoms. The van der Waals surface area contributed by atoms with Crippen LogP contribution in [0.4, 0.5) is 34.9 Å². The average Bonchev–Trinajstić information content (AvgIpc) is 3.15. The number of para-hydroxylation sites is 3. The van der Waals surface area contributed by atoms with Crippen LogP contribution in [0.1, 0.15) is 41.5 Å². The van der Waals surface area contributed by atoms with Gasteiger partial charge in [-0.05, 0) is 77.9 Å². The second-order valence-electron chi connectivity index (χ2n) is 13.1. The lowest BCUT2D eigenvalue weighted by Gasteiger charge is -2.31. The normalized spacial score (nSPS) is 12.3. The number of benzene rings is 3.